The zero-order valence-corrected chi connectivity index (χ0v) is 14.0. The summed E-state index contributed by atoms with van der Waals surface area (Å²) in [7, 11) is -4.09. The van der Waals surface area contributed by atoms with Crippen molar-refractivity contribution in [1.82, 2.24) is 5.32 Å². The van der Waals surface area contributed by atoms with E-state index >= 15 is 0 Å². The third-order valence-corrected chi connectivity index (χ3v) is 4.27. The smallest absolute Gasteiger partial charge is 0.266 e. The predicted octanol–water partition coefficient (Wildman–Crippen LogP) is 2.95. The van der Waals surface area contributed by atoms with Crippen LogP contribution in [0.15, 0.2) is 0 Å². The number of hydrogen-bond acceptors (Lipinski definition) is 4. The van der Waals surface area contributed by atoms with Crippen molar-refractivity contribution in [1.29, 1.82) is 0 Å². The summed E-state index contributed by atoms with van der Waals surface area (Å²) in [5.41, 5.74) is 0. The molecule has 0 aliphatic rings. The second-order valence-electron chi connectivity index (χ2n) is 5.63. The first-order chi connectivity index (χ1) is 9.99. The number of carbonyl (C=O) groups is 1. The number of unbranched alkanes of at least 4 members (excludes halogenated alkanes) is 9. The third kappa shape index (κ3) is 15.7. The summed E-state index contributed by atoms with van der Waals surface area (Å²) in [5, 5.41) is 2.84. The third-order valence-electron chi connectivity index (χ3n) is 3.49. The second kappa shape index (κ2) is 13.2. The molecular formula is C15H31NO4S. The molecular weight excluding hydrogens is 290 g/mol. The molecule has 0 aromatic heterocycles. The lowest BCUT2D eigenvalue weighted by molar-refractivity contribution is -0.109. The Morgan fingerprint density at radius 3 is 1.86 bits per heavy atom. The number of hydrogen-bond donors (Lipinski definition) is 2. The van der Waals surface area contributed by atoms with Crippen LogP contribution in [-0.4, -0.2) is 37.6 Å². The summed E-state index contributed by atoms with van der Waals surface area (Å²) in [6.45, 7) is 2.83. The van der Waals surface area contributed by atoms with Crippen molar-refractivity contribution in [2.45, 2.75) is 77.2 Å². The van der Waals surface area contributed by atoms with E-state index in [9.17, 15) is 13.2 Å². The molecule has 0 unspecified atom stereocenters. The highest BCUT2D eigenvalue weighted by molar-refractivity contribution is 7.85. The van der Waals surface area contributed by atoms with Crippen molar-refractivity contribution in [3.8, 4) is 0 Å². The van der Waals surface area contributed by atoms with Crippen molar-refractivity contribution < 1.29 is 17.8 Å². The van der Waals surface area contributed by atoms with Crippen LogP contribution in [0.25, 0.3) is 0 Å². The van der Waals surface area contributed by atoms with Crippen molar-refractivity contribution >= 4 is 16.4 Å². The molecule has 6 heteroatoms. The molecule has 0 radical (unpaired) electrons. The number of aldehydes is 1. The van der Waals surface area contributed by atoms with Gasteiger partial charge in [0, 0.05) is 0 Å². The van der Waals surface area contributed by atoms with Gasteiger partial charge in [-0.2, -0.15) is 8.42 Å². The van der Waals surface area contributed by atoms with Gasteiger partial charge in [-0.1, -0.05) is 64.7 Å². The molecule has 0 aromatic rings. The van der Waals surface area contributed by atoms with Gasteiger partial charge < -0.3 is 10.1 Å². The molecule has 1 atom stereocenters. The largest absolute Gasteiger partial charge is 0.307 e. The zero-order chi connectivity index (χ0) is 16.0. The van der Waals surface area contributed by atoms with Gasteiger partial charge >= 0.3 is 0 Å². The fourth-order valence-electron chi connectivity index (χ4n) is 2.27. The summed E-state index contributed by atoms with van der Waals surface area (Å²) >= 11 is 0. The standard InChI is InChI=1S/C15H31NO4S/c1-2-3-4-5-6-7-8-9-10-11-12-16-15(13-17)14-21(18,19)20/h13,15-16H,2-12,14H2,1H3,(H,18,19,20)/t15-/m1/s1. The summed E-state index contributed by atoms with van der Waals surface area (Å²) in [6.07, 6.45) is 12.9. The maximum Gasteiger partial charge on any atom is 0.266 e. The van der Waals surface area contributed by atoms with Crippen LogP contribution in [0.1, 0.15) is 71.1 Å². The van der Waals surface area contributed by atoms with E-state index in [-0.39, 0.29) is 0 Å². The fraction of sp³-hybridized carbons (Fsp3) is 0.933. The number of rotatable bonds is 15. The van der Waals surface area contributed by atoms with Gasteiger partial charge in [0.25, 0.3) is 10.1 Å². The fourth-order valence-corrected chi connectivity index (χ4v) is 2.92. The highest BCUT2D eigenvalue weighted by Crippen LogP contribution is 2.10. The first-order valence-electron chi connectivity index (χ1n) is 8.13. The van der Waals surface area contributed by atoms with Crippen LogP contribution in [0, 0.1) is 0 Å². The lowest BCUT2D eigenvalue weighted by atomic mass is 10.1. The molecule has 0 aliphatic heterocycles. The van der Waals surface area contributed by atoms with E-state index in [2.05, 4.69) is 12.2 Å². The van der Waals surface area contributed by atoms with E-state index < -0.39 is 21.9 Å². The van der Waals surface area contributed by atoms with Crippen LogP contribution in [-0.2, 0) is 14.9 Å². The van der Waals surface area contributed by atoms with Crippen LogP contribution < -0.4 is 5.32 Å². The monoisotopic (exact) mass is 321 g/mol. The van der Waals surface area contributed by atoms with E-state index in [1.807, 2.05) is 0 Å². The van der Waals surface area contributed by atoms with Crippen molar-refractivity contribution in [3.63, 3.8) is 0 Å². The van der Waals surface area contributed by atoms with Crippen molar-refractivity contribution in [2.75, 3.05) is 12.3 Å². The Balaban J connectivity index is 3.37. The molecule has 0 amide bonds. The van der Waals surface area contributed by atoms with Crippen LogP contribution in [0.3, 0.4) is 0 Å². The molecule has 0 fully saturated rings. The van der Waals surface area contributed by atoms with Gasteiger partial charge in [-0.05, 0) is 13.0 Å². The molecule has 0 saturated carbocycles. The lowest BCUT2D eigenvalue weighted by Gasteiger charge is -2.10. The summed E-state index contributed by atoms with van der Waals surface area (Å²) in [4.78, 5) is 10.7. The van der Waals surface area contributed by atoms with Gasteiger partial charge in [0.2, 0.25) is 0 Å². The van der Waals surface area contributed by atoms with E-state index in [0.717, 1.165) is 12.8 Å². The minimum atomic E-state index is -4.09. The SMILES string of the molecule is CCCCCCCCCCCCN[C@H](C=O)CS(=O)(=O)O. The highest BCUT2D eigenvalue weighted by atomic mass is 32.2. The Hall–Kier alpha value is -0.460. The molecule has 2 N–H and O–H groups in total. The number of carbonyl (C=O) groups excluding carboxylic acids is 1. The summed E-state index contributed by atoms with van der Waals surface area (Å²) in [6, 6.07) is -0.807. The summed E-state index contributed by atoms with van der Waals surface area (Å²) < 4.78 is 30.0. The minimum absolute atomic E-state index is 0.532. The first kappa shape index (κ1) is 20.5. The van der Waals surface area contributed by atoms with Crippen LogP contribution in [0.2, 0.25) is 0 Å². The van der Waals surface area contributed by atoms with Gasteiger partial charge in [0.05, 0.1) is 11.8 Å². The Labute approximate surface area is 129 Å². The molecule has 0 saturated heterocycles. The van der Waals surface area contributed by atoms with Gasteiger partial charge in [0.15, 0.2) is 0 Å². The average Bonchev–Trinajstić information content (AvgIpc) is 2.42. The van der Waals surface area contributed by atoms with Crippen LogP contribution in [0.4, 0.5) is 0 Å². The van der Waals surface area contributed by atoms with Gasteiger partial charge in [-0.15, -0.1) is 0 Å². The molecule has 0 rings (SSSR count). The maximum atomic E-state index is 10.7. The maximum absolute atomic E-state index is 10.7. The Morgan fingerprint density at radius 2 is 1.43 bits per heavy atom. The molecule has 5 nitrogen and oxygen atoms in total. The molecule has 0 spiro atoms. The van der Waals surface area contributed by atoms with E-state index in [4.69, 9.17) is 4.55 Å². The van der Waals surface area contributed by atoms with Crippen LogP contribution in [0.5, 0.6) is 0 Å². The Kier molecular flexibility index (Phi) is 12.9. The first-order valence-corrected chi connectivity index (χ1v) is 9.74. The quantitative estimate of drug-likeness (QED) is 0.275. The topological polar surface area (TPSA) is 83.5 Å². The van der Waals surface area contributed by atoms with Gasteiger partial charge in [-0.3, -0.25) is 4.55 Å². The van der Waals surface area contributed by atoms with Gasteiger partial charge in [-0.25, -0.2) is 0 Å². The molecule has 21 heavy (non-hydrogen) atoms. The zero-order valence-electron chi connectivity index (χ0n) is 13.2. The van der Waals surface area contributed by atoms with E-state index in [1.54, 1.807) is 0 Å². The normalized spacial score (nSPS) is 13.2. The molecule has 0 heterocycles. The van der Waals surface area contributed by atoms with Crippen molar-refractivity contribution in [2.24, 2.45) is 0 Å². The molecule has 0 aliphatic carbocycles. The van der Waals surface area contributed by atoms with E-state index in [1.165, 1.54) is 51.4 Å². The highest BCUT2D eigenvalue weighted by Gasteiger charge is 2.14. The van der Waals surface area contributed by atoms with Crippen LogP contribution >= 0.6 is 0 Å². The Bertz CT molecular complexity index is 344. The number of nitrogens with one attached hydrogen (secondary N) is 1. The van der Waals surface area contributed by atoms with Crippen molar-refractivity contribution in [3.05, 3.63) is 0 Å². The average molecular weight is 321 g/mol. The van der Waals surface area contributed by atoms with E-state index in [0.29, 0.717) is 12.8 Å². The Morgan fingerprint density at radius 1 is 0.952 bits per heavy atom. The predicted molar refractivity (Wildman–Crippen MR) is 86.1 cm³/mol. The summed E-state index contributed by atoms with van der Waals surface area (Å²) in [5.74, 6) is -0.547. The molecule has 0 aromatic carbocycles. The second-order valence-corrected chi connectivity index (χ2v) is 7.12. The lowest BCUT2D eigenvalue weighted by Crippen LogP contribution is -2.37. The van der Waals surface area contributed by atoms with Gasteiger partial charge in [0.1, 0.15) is 6.29 Å². The molecule has 0 bridgehead atoms. The molecule has 126 valence electrons. The minimum Gasteiger partial charge on any atom is -0.307 e.